The summed E-state index contributed by atoms with van der Waals surface area (Å²) in [5.74, 6) is 1.41. The van der Waals surface area contributed by atoms with E-state index < -0.39 is 0 Å². The van der Waals surface area contributed by atoms with Gasteiger partial charge in [-0.1, -0.05) is 38.1 Å². The predicted molar refractivity (Wildman–Crippen MR) is 68.9 cm³/mol. The van der Waals surface area contributed by atoms with E-state index in [1.165, 1.54) is 5.92 Å². The third-order valence-electron chi connectivity index (χ3n) is 2.37. The number of hydrogen-bond donors (Lipinski definition) is 1. The number of anilines is 1. The number of hydrogen-bond acceptors (Lipinski definition) is 1. The second-order valence-electron chi connectivity index (χ2n) is 3.98. The Morgan fingerprint density at radius 3 is 2.67 bits per heavy atom. The van der Waals surface area contributed by atoms with Crippen molar-refractivity contribution in [1.82, 2.24) is 0 Å². The molecule has 1 aromatic carbocycles. The van der Waals surface area contributed by atoms with Gasteiger partial charge in [-0.3, -0.25) is 0 Å². The maximum Gasteiger partial charge on any atom is 0.0458 e. The third-order valence-corrected chi connectivity index (χ3v) is 2.72. The first-order valence-electron chi connectivity index (χ1n) is 5.04. The summed E-state index contributed by atoms with van der Waals surface area (Å²) in [4.78, 5) is 0. The summed E-state index contributed by atoms with van der Waals surface area (Å²) in [6.07, 6.45) is 3.78. The van der Waals surface area contributed by atoms with Gasteiger partial charge in [0.25, 0.3) is 0 Å². The van der Waals surface area contributed by atoms with Crippen molar-refractivity contribution in [2.24, 2.45) is 0 Å². The van der Waals surface area contributed by atoms with Crippen LogP contribution in [0.5, 0.6) is 0 Å². The monoisotopic (exact) mass is 222 g/mol. The van der Waals surface area contributed by atoms with Crippen LogP contribution in [-0.4, -0.2) is 0 Å². The molecule has 2 heteroatoms. The van der Waals surface area contributed by atoms with Crippen LogP contribution in [0.4, 0.5) is 5.69 Å². The Morgan fingerprint density at radius 1 is 1.47 bits per heavy atom. The van der Waals surface area contributed by atoms with Crippen LogP contribution in [0.3, 0.4) is 0 Å². The van der Waals surface area contributed by atoms with E-state index in [9.17, 15) is 0 Å². The van der Waals surface area contributed by atoms with E-state index in [-0.39, 0.29) is 0 Å². The molecule has 15 heavy (non-hydrogen) atoms. The minimum absolute atomic E-state index is 0.691. The fourth-order valence-electron chi connectivity index (χ4n) is 1.41. The maximum absolute atomic E-state index is 6.12. The van der Waals surface area contributed by atoms with Crippen molar-refractivity contribution >= 4 is 23.4 Å². The van der Waals surface area contributed by atoms with Crippen molar-refractivity contribution < 1.29 is 0 Å². The van der Waals surface area contributed by atoms with Gasteiger partial charge in [0.05, 0.1) is 0 Å². The van der Waals surface area contributed by atoms with Gasteiger partial charge in [-0.2, -0.15) is 0 Å². The van der Waals surface area contributed by atoms with Crippen LogP contribution in [0.1, 0.15) is 31.4 Å². The molecule has 0 spiro atoms. The second-order valence-corrected chi connectivity index (χ2v) is 4.39. The van der Waals surface area contributed by atoms with Crippen LogP contribution in [0.15, 0.2) is 18.7 Å². The Labute approximate surface area is 96.9 Å². The van der Waals surface area contributed by atoms with Gasteiger partial charge < -0.3 is 5.73 Å². The molecule has 1 nitrogen and oxygen atoms in total. The molecule has 0 saturated carbocycles. The highest BCUT2D eigenvalue weighted by Gasteiger charge is 2.05. The molecule has 0 unspecified atom stereocenters. The number of halogens is 1. The third kappa shape index (κ3) is 3.28. The van der Waals surface area contributed by atoms with E-state index >= 15 is 0 Å². The lowest BCUT2D eigenvalue weighted by molar-refractivity contribution is 0.831. The van der Waals surface area contributed by atoms with Gasteiger partial charge in [0.15, 0.2) is 0 Å². The average molecular weight is 223 g/mol. The fourth-order valence-corrected chi connectivity index (χ4v) is 1.67. The summed E-state index contributed by atoms with van der Waals surface area (Å²) < 4.78 is 0. The Morgan fingerprint density at radius 2 is 2.13 bits per heavy atom. The number of aryl methyl sites for hydroxylation is 1. The van der Waals surface area contributed by atoms with Gasteiger partial charge in [0.2, 0.25) is 0 Å². The number of nitrogens with two attached hydrogens (primary N) is 1. The van der Waals surface area contributed by atoms with E-state index in [0.29, 0.717) is 5.69 Å². The van der Waals surface area contributed by atoms with Crippen molar-refractivity contribution in [2.75, 3.05) is 5.73 Å². The lowest BCUT2D eigenvalue weighted by Crippen LogP contribution is -1.96. The van der Waals surface area contributed by atoms with E-state index in [2.05, 4.69) is 20.4 Å². The summed E-state index contributed by atoms with van der Waals surface area (Å²) in [5.41, 5.74) is 8.59. The van der Waals surface area contributed by atoms with Gasteiger partial charge in [-0.15, -0.1) is 0 Å². The molecule has 0 fully saturated rings. The van der Waals surface area contributed by atoms with Crippen LogP contribution < -0.4 is 5.73 Å². The Hall–Kier alpha value is -0.950. The van der Waals surface area contributed by atoms with Crippen molar-refractivity contribution in [3.63, 3.8) is 0 Å². The van der Waals surface area contributed by atoms with Gasteiger partial charge in [-0.25, -0.2) is 0 Å². The maximum atomic E-state index is 6.12. The highest BCUT2D eigenvalue weighted by molar-refractivity contribution is 6.31. The highest BCUT2D eigenvalue weighted by atomic mass is 35.5. The Bertz CT molecular complexity index is 356. The molecule has 0 aliphatic rings. The summed E-state index contributed by atoms with van der Waals surface area (Å²) in [5, 5.41) is 0.749. The van der Waals surface area contributed by atoms with Crippen LogP contribution in [0.2, 0.25) is 5.02 Å². The largest absolute Gasteiger partial charge is 0.398 e. The van der Waals surface area contributed by atoms with Crippen molar-refractivity contribution in [1.29, 1.82) is 0 Å². The average Bonchev–Trinajstić information content (AvgIpc) is 2.16. The number of rotatable bonds is 4. The summed E-state index contributed by atoms with van der Waals surface area (Å²) in [6.45, 7) is 7.98. The van der Waals surface area contributed by atoms with E-state index in [1.54, 1.807) is 12.1 Å². The van der Waals surface area contributed by atoms with E-state index in [0.717, 1.165) is 29.0 Å². The zero-order valence-corrected chi connectivity index (χ0v) is 10.1. The molecule has 1 radical (unpaired) electrons. The summed E-state index contributed by atoms with van der Waals surface area (Å²) in [7, 11) is 0. The van der Waals surface area contributed by atoms with Gasteiger partial charge >= 0.3 is 0 Å². The molecule has 0 aromatic heterocycles. The van der Waals surface area contributed by atoms with Crippen LogP contribution in [0.25, 0.3) is 6.08 Å². The normalized spacial score (nSPS) is 10.7. The molecule has 2 N–H and O–H groups in total. The lowest BCUT2D eigenvalue weighted by Gasteiger charge is -2.09. The minimum atomic E-state index is 0.691. The first kappa shape index (κ1) is 12.1. The van der Waals surface area contributed by atoms with E-state index in [4.69, 9.17) is 17.3 Å². The molecule has 0 saturated heterocycles. The van der Waals surface area contributed by atoms with Crippen LogP contribution in [-0.2, 0) is 6.42 Å². The summed E-state index contributed by atoms with van der Waals surface area (Å²) >= 11 is 6.12. The van der Waals surface area contributed by atoms with E-state index in [1.807, 2.05) is 6.07 Å². The quantitative estimate of drug-likeness (QED) is 0.763. The molecule has 1 aromatic rings. The molecule has 0 amide bonds. The SMILES string of the molecule is C=Cc1cc(CC[C](C)C)c(Cl)cc1N. The predicted octanol–water partition coefficient (Wildman–Crippen LogP) is 4.11. The zero-order chi connectivity index (χ0) is 11.4. The molecule has 81 valence electrons. The minimum Gasteiger partial charge on any atom is -0.398 e. The number of benzene rings is 1. The van der Waals surface area contributed by atoms with Crippen molar-refractivity contribution in [3.8, 4) is 0 Å². The van der Waals surface area contributed by atoms with Gasteiger partial charge in [-0.05, 0) is 42.0 Å². The van der Waals surface area contributed by atoms with Crippen molar-refractivity contribution in [3.05, 3.63) is 40.8 Å². The molecule has 0 bridgehead atoms. The smallest absolute Gasteiger partial charge is 0.0458 e. The van der Waals surface area contributed by atoms with Crippen LogP contribution in [0, 0.1) is 5.92 Å². The summed E-state index contributed by atoms with van der Waals surface area (Å²) in [6, 6.07) is 3.83. The fraction of sp³-hybridized carbons (Fsp3) is 0.308. The number of nitrogen functional groups attached to an aromatic ring is 1. The van der Waals surface area contributed by atoms with Gasteiger partial charge in [0.1, 0.15) is 0 Å². The highest BCUT2D eigenvalue weighted by Crippen LogP contribution is 2.26. The molecule has 0 aliphatic heterocycles. The molecular weight excluding hydrogens is 206 g/mol. The zero-order valence-electron chi connectivity index (χ0n) is 9.31. The molecular formula is C13H17ClN. The topological polar surface area (TPSA) is 26.0 Å². The molecule has 0 atom stereocenters. The standard InChI is InChI=1S/C13H17ClN/c1-4-10-7-11(6-5-9(2)3)12(14)8-13(10)15/h4,7-8H,1,5-6,15H2,2-3H3. The second kappa shape index (κ2) is 5.22. The molecule has 0 heterocycles. The first-order valence-corrected chi connectivity index (χ1v) is 5.41. The Balaban J connectivity index is 2.92. The molecule has 0 aliphatic carbocycles. The lowest BCUT2D eigenvalue weighted by atomic mass is 10.00. The molecule has 1 rings (SSSR count). The first-order chi connectivity index (χ1) is 7.04. The van der Waals surface area contributed by atoms with Crippen molar-refractivity contribution in [2.45, 2.75) is 26.7 Å². The van der Waals surface area contributed by atoms with Gasteiger partial charge in [0, 0.05) is 10.7 Å². The Kier molecular flexibility index (Phi) is 4.22. The van der Waals surface area contributed by atoms with Crippen LogP contribution >= 0.6 is 11.6 Å².